The highest BCUT2D eigenvalue weighted by Crippen LogP contribution is 2.35. The van der Waals surface area contributed by atoms with Crippen LogP contribution >= 0.6 is 23.2 Å². The first kappa shape index (κ1) is 19.3. The van der Waals surface area contributed by atoms with E-state index in [2.05, 4.69) is 5.32 Å². The van der Waals surface area contributed by atoms with Gasteiger partial charge >= 0.3 is 0 Å². The molecule has 0 bridgehead atoms. The average Bonchev–Trinajstić information content (AvgIpc) is 2.86. The van der Waals surface area contributed by atoms with Crippen molar-refractivity contribution in [1.29, 1.82) is 0 Å². The van der Waals surface area contributed by atoms with Gasteiger partial charge < -0.3 is 10.1 Å². The maximum atomic E-state index is 13.0. The summed E-state index contributed by atoms with van der Waals surface area (Å²) >= 11 is 12.0. The van der Waals surface area contributed by atoms with Crippen LogP contribution in [0.5, 0.6) is 5.75 Å². The van der Waals surface area contributed by atoms with E-state index in [9.17, 15) is 9.59 Å². The number of methoxy groups -OCH3 is 1. The summed E-state index contributed by atoms with van der Waals surface area (Å²) < 4.78 is 5.33. The lowest BCUT2D eigenvalue weighted by Gasteiger charge is -2.19. The Kier molecular flexibility index (Phi) is 5.44. The Morgan fingerprint density at radius 3 is 2.19 bits per heavy atom. The number of benzene rings is 2. The Balaban J connectivity index is 2.14. The predicted molar refractivity (Wildman–Crippen MR) is 107 cm³/mol. The van der Waals surface area contributed by atoms with E-state index in [0.29, 0.717) is 27.0 Å². The molecule has 0 saturated carbocycles. The van der Waals surface area contributed by atoms with E-state index in [1.165, 1.54) is 12.0 Å². The number of hydrogen-bond acceptors (Lipinski definition) is 4. The summed E-state index contributed by atoms with van der Waals surface area (Å²) in [5.41, 5.74) is 1.56. The van der Waals surface area contributed by atoms with E-state index in [0.717, 1.165) is 0 Å². The van der Waals surface area contributed by atoms with Crippen LogP contribution in [0.25, 0.3) is 5.57 Å². The molecule has 1 heterocycles. The first-order valence-electron chi connectivity index (χ1n) is 8.32. The Labute approximate surface area is 167 Å². The minimum absolute atomic E-state index is 0.177. The van der Waals surface area contributed by atoms with E-state index in [1.54, 1.807) is 56.3 Å². The molecule has 0 fully saturated rings. The number of rotatable bonds is 5. The van der Waals surface area contributed by atoms with Gasteiger partial charge in [-0.25, -0.2) is 0 Å². The van der Waals surface area contributed by atoms with Gasteiger partial charge in [0.1, 0.15) is 11.4 Å². The number of ether oxygens (including phenoxy) is 1. The number of amides is 2. The summed E-state index contributed by atoms with van der Waals surface area (Å²) in [4.78, 5) is 27.2. The summed E-state index contributed by atoms with van der Waals surface area (Å²) in [6, 6.07) is 11.5. The summed E-state index contributed by atoms with van der Waals surface area (Å²) in [5, 5.41) is 4.08. The Bertz CT molecular complexity index is 937. The topological polar surface area (TPSA) is 58.6 Å². The Hall–Kier alpha value is -2.50. The third-order valence-corrected chi connectivity index (χ3v) is 4.67. The van der Waals surface area contributed by atoms with Gasteiger partial charge in [0.25, 0.3) is 11.8 Å². The molecule has 0 saturated heterocycles. The first-order chi connectivity index (χ1) is 12.8. The van der Waals surface area contributed by atoms with Gasteiger partial charge in [-0.05, 0) is 49.7 Å². The van der Waals surface area contributed by atoms with Crippen LogP contribution in [0.3, 0.4) is 0 Å². The summed E-state index contributed by atoms with van der Waals surface area (Å²) in [6.07, 6.45) is 0. The molecule has 0 aromatic heterocycles. The molecule has 0 aliphatic carbocycles. The summed E-state index contributed by atoms with van der Waals surface area (Å²) in [7, 11) is 1.52. The van der Waals surface area contributed by atoms with Gasteiger partial charge in [-0.1, -0.05) is 35.3 Å². The summed E-state index contributed by atoms with van der Waals surface area (Å²) in [6.45, 7) is 3.58. The van der Waals surface area contributed by atoms with Crippen LogP contribution in [0.1, 0.15) is 19.4 Å². The molecule has 27 heavy (non-hydrogen) atoms. The van der Waals surface area contributed by atoms with E-state index < -0.39 is 5.91 Å². The zero-order chi connectivity index (χ0) is 19.7. The molecule has 140 valence electrons. The van der Waals surface area contributed by atoms with Crippen LogP contribution in [-0.2, 0) is 9.59 Å². The predicted octanol–water partition coefficient (Wildman–Crippen LogP) is 4.60. The van der Waals surface area contributed by atoms with Crippen molar-refractivity contribution in [3.8, 4) is 5.75 Å². The highest BCUT2D eigenvalue weighted by molar-refractivity contribution is 6.37. The number of hydrogen-bond donors (Lipinski definition) is 1. The van der Waals surface area contributed by atoms with Crippen molar-refractivity contribution >= 4 is 46.3 Å². The Morgan fingerprint density at radius 1 is 0.963 bits per heavy atom. The van der Waals surface area contributed by atoms with Crippen molar-refractivity contribution in [2.45, 2.75) is 19.9 Å². The fourth-order valence-electron chi connectivity index (χ4n) is 2.93. The first-order valence-corrected chi connectivity index (χ1v) is 9.07. The molecule has 7 heteroatoms. The molecule has 2 aromatic rings. The number of halogens is 2. The van der Waals surface area contributed by atoms with Gasteiger partial charge in [-0.3, -0.25) is 14.5 Å². The number of carbonyl (C=O) groups excluding carboxylic acids is 2. The lowest BCUT2D eigenvalue weighted by atomic mass is 10.0. The summed E-state index contributed by atoms with van der Waals surface area (Å²) in [5.74, 6) is -0.256. The van der Waals surface area contributed by atoms with E-state index in [-0.39, 0.29) is 23.2 Å². The van der Waals surface area contributed by atoms with Crippen LogP contribution < -0.4 is 10.1 Å². The highest BCUT2D eigenvalue weighted by atomic mass is 35.5. The van der Waals surface area contributed by atoms with Crippen LogP contribution in [0.2, 0.25) is 10.0 Å². The normalized spacial score (nSPS) is 14.4. The molecule has 1 aliphatic heterocycles. The van der Waals surface area contributed by atoms with Gasteiger partial charge in [-0.2, -0.15) is 0 Å². The number of nitrogens with zero attached hydrogens (tertiary/aromatic N) is 1. The second-order valence-electron chi connectivity index (χ2n) is 6.30. The molecule has 1 N–H and O–H groups in total. The number of anilines is 1. The molecule has 1 aliphatic rings. The minimum atomic E-state index is -0.401. The van der Waals surface area contributed by atoms with Gasteiger partial charge in [0, 0.05) is 16.1 Å². The minimum Gasteiger partial charge on any atom is -0.495 e. The monoisotopic (exact) mass is 404 g/mol. The molecule has 0 radical (unpaired) electrons. The van der Waals surface area contributed by atoms with Crippen LogP contribution in [0.4, 0.5) is 5.69 Å². The van der Waals surface area contributed by atoms with Crippen molar-refractivity contribution in [2.24, 2.45) is 0 Å². The highest BCUT2D eigenvalue weighted by Gasteiger charge is 2.40. The van der Waals surface area contributed by atoms with Gasteiger partial charge in [0.2, 0.25) is 0 Å². The van der Waals surface area contributed by atoms with Crippen LogP contribution in [0, 0.1) is 0 Å². The number of nitrogens with one attached hydrogen (secondary N) is 1. The second kappa shape index (κ2) is 7.62. The molecule has 0 spiro atoms. The van der Waals surface area contributed by atoms with Crippen LogP contribution in [-0.4, -0.2) is 29.9 Å². The average molecular weight is 405 g/mol. The molecular formula is C20H18Cl2N2O3. The molecule has 2 aromatic carbocycles. The van der Waals surface area contributed by atoms with Crippen molar-refractivity contribution in [1.82, 2.24) is 4.90 Å². The van der Waals surface area contributed by atoms with Gasteiger partial charge in [0.15, 0.2) is 0 Å². The molecule has 3 rings (SSSR count). The number of carbonyl (C=O) groups is 2. The van der Waals surface area contributed by atoms with E-state index in [4.69, 9.17) is 27.9 Å². The van der Waals surface area contributed by atoms with Gasteiger partial charge in [-0.15, -0.1) is 0 Å². The standard InChI is InChI=1S/C20H18Cl2N2O3/c1-11(2)24-19(25)17(12-4-6-13(21)7-5-12)18(20(24)26)23-15-10-14(22)8-9-16(15)27-3/h4-11,23H,1-3H3. The van der Waals surface area contributed by atoms with E-state index in [1.807, 2.05) is 0 Å². The molecule has 0 atom stereocenters. The number of imide groups is 1. The van der Waals surface area contributed by atoms with Crippen molar-refractivity contribution in [3.05, 3.63) is 63.8 Å². The lowest BCUT2D eigenvalue weighted by molar-refractivity contribution is -0.138. The zero-order valence-corrected chi connectivity index (χ0v) is 16.6. The maximum absolute atomic E-state index is 13.0. The maximum Gasteiger partial charge on any atom is 0.278 e. The second-order valence-corrected chi connectivity index (χ2v) is 7.17. The molecule has 0 unspecified atom stereocenters. The van der Waals surface area contributed by atoms with E-state index >= 15 is 0 Å². The molecule has 2 amide bonds. The van der Waals surface area contributed by atoms with Crippen LogP contribution in [0.15, 0.2) is 48.2 Å². The third kappa shape index (κ3) is 3.66. The van der Waals surface area contributed by atoms with Crippen molar-refractivity contribution in [2.75, 3.05) is 12.4 Å². The molecule has 5 nitrogen and oxygen atoms in total. The lowest BCUT2D eigenvalue weighted by Crippen LogP contribution is -2.38. The third-order valence-electron chi connectivity index (χ3n) is 4.19. The fourth-order valence-corrected chi connectivity index (χ4v) is 3.23. The zero-order valence-electron chi connectivity index (χ0n) is 15.0. The largest absolute Gasteiger partial charge is 0.495 e. The quantitative estimate of drug-likeness (QED) is 0.739. The van der Waals surface area contributed by atoms with Gasteiger partial charge in [0.05, 0.1) is 18.4 Å². The SMILES string of the molecule is COc1ccc(Cl)cc1NC1=C(c2ccc(Cl)cc2)C(=O)N(C(C)C)C1=O. The van der Waals surface area contributed by atoms with Crippen molar-refractivity contribution in [3.63, 3.8) is 0 Å². The Morgan fingerprint density at radius 2 is 1.59 bits per heavy atom. The smallest absolute Gasteiger partial charge is 0.278 e. The van der Waals surface area contributed by atoms with Crippen molar-refractivity contribution < 1.29 is 14.3 Å². The fraction of sp³-hybridized carbons (Fsp3) is 0.200. The molecular weight excluding hydrogens is 387 g/mol.